The summed E-state index contributed by atoms with van der Waals surface area (Å²) in [5, 5.41) is 9.38. The van der Waals surface area contributed by atoms with Crippen molar-refractivity contribution in [3.05, 3.63) is 35.8 Å². The molecule has 4 heterocycles. The standard InChI is InChI=1S/C20H25N7/c1-16-5-6-17(14-21)20(24-16)27-11-9-26(10-12-27)19-13-18(22-15-23-19)25-7-3-2-4-8-25/h5-6,13,15H,2-4,7-12H2,1H3. The third kappa shape index (κ3) is 3.80. The van der Waals surface area contributed by atoms with Gasteiger partial charge in [0.15, 0.2) is 0 Å². The molecule has 0 saturated carbocycles. The Balaban J connectivity index is 1.45. The predicted molar refractivity (Wildman–Crippen MR) is 106 cm³/mol. The van der Waals surface area contributed by atoms with Crippen LogP contribution in [0, 0.1) is 18.3 Å². The SMILES string of the molecule is Cc1ccc(C#N)c(N2CCN(c3cc(N4CCCCC4)ncn3)CC2)n1. The molecule has 4 rings (SSSR count). The van der Waals surface area contributed by atoms with Gasteiger partial charge < -0.3 is 14.7 Å². The van der Waals surface area contributed by atoms with E-state index in [-0.39, 0.29) is 0 Å². The Bertz CT molecular complexity index is 830. The van der Waals surface area contributed by atoms with Crippen LogP contribution in [-0.2, 0) is 0 Å². The van der Waals surface area contributed by atoms with Crippen LogP contribution in [0.4, 0.5) is 17.5 Å². The van der Waals surface area contributed by atoms with Crippen LogP contribution in [0.3, 0.4) is 0 Å². The minimum absolute atomic E-state index is 0.642. The largest absolute Gasteiger partial charge is 0.356 e. The first-order chi connectivity index (χ1) is 13.2. The molecule has 2 saturated heterocycles. The lowest BCUT2D eigenvalue weighted by Gasteiger charge is -2.36. The summed E-state index contributed by atoms with van der Waals surface area (Å²) in [6.07, 6.45) is 5.47. The molecule has 27 heavy (non-hydrogen) atoms. The minimum Gasteiger partial charge on any atom is -0.356 e. The number of hydrogen-bond acceptors (Lipinski definition) is 7. The van der Waals surface area contributed by atoms with Crippen molar-refractivity contribution in [3.8, 4) is 6.07 Å². The Hall–Kier alpha value is -2.88. The zero-order chi connectivity index (χ0) is 18.6. The molecule has 7 heteroatoms. The van der Waals surface area contributed by atoms with E-state index in [0.29, 0.717) is 5.56 Å². The van der Waals surface area contributed by atoms with Crippen LogP contribution < -0.4 is 14.7 Å². The van der Waals surface area contributed by atoms with E-state index in [9.17, 15) is 5.26 Å². The van der Waals surface area contributed by atoms with Gasteiger partial charge in [0.05, 0.1) is 5.56 Å². The number of hydrogen-bond donors (Lipinski definition) is 0. The number of aromatic nitrogens is 3. The molecule has 2 aromatic rings. The summed E-state index contributed by atoms with van der Waals surface area (Å²) in [7, 11) is 0. The summed E-state index contributed by atoms with van der Waals surface area (Å²) < 4.78 is 0. The fourth-order valence-corrected chi connectivity index (χ4v) is 3.82. The highest BCUT2D eigenvalue weighted by Gasteiger charge is 2.22. The molecule has 0 bridgehead atoms. The molecule has 2 fully saturated rings. The van der Waals surface area contributed by atoms with Gasteiger partial charge in [0.2, 0.25) is 0 Å². The van der Waals surface area contributed by atoms with Gasteiger partial charge in [0.25, 0.3) is 0 Å². The highest BCUT2D eigenvalue weighted by molar-refractivity contribution is 5.56. The molecule has 0 atom stereocenters. The molecule has 0 radical (unpaired) electrons. The van der Waals surface area contributed by atoms with Crippen LogP contribution in [0.15, 0.2) is 24.5 Å². The molecule has 0 N–H and O–H groups in total. The van der Waals surface area contributed by atoms with E-state index in [4.69, 9.17) is 0 Å². The van der Waals surface area contributed by atoms with Gasteiger partial charge in [-0.2, -0.15) is 5.26 Å². The van der Waals surface area contributed by atoms with Gasteiger partial charge in [-0.25, -0.2) is 15.0 Å². The van der Waals surface area contributed by atoms with Gasteiger partial charge in [0, 0.05) is 51.0 Å². The molecule has 0 spiro atoms. The fraction of sp³-hybridized carbons (Fsp3) is 0.500. The first-order valence-corrected chi connectivity index (χ1v) is 9.69. The molecule has 2 aliphatic rings. The number of piperazine rings is 1. The smallest absolute Gasteiger partial charge is 0.146 e. The van der Waals surface area contributed by atoms with E-state index >= 15 is 0 Å². The normalized spacial score (nSPS) is 17.7. The van der Waals surface area contributed by atoms with Crippen LogP contribution in [0.2, 0.25) is 0 Å². The van der Waals surface area contributed by atoms with Gasteiger partial charge in [-0.3, -0.25) is 0 Å². The molecule has 0 unspecified atom stereocenters. The summed E-state index contributed by atoms with van der Waals surface area (Å²) in [6.45, 7) is 7.50. The van der Waals surface area contributed by atoms with Crippen LogP contribution in [0.5, 0.6) is 0 Å². The van der Waals surface area contributed by atoms with E-state index in [2.05, 4.69) is 41.8 Å². The van der Waals surface area contributed by atoms with Gasteiger partial charge in [-0.1, -0.05) is 0 Å². The number of pyridine rings is 1. The van der Waals surface area contributed by atoms with E-state index < -0.39 is 0 Å². The maximum atomic E-state index is 9.38. The highest BCUT2D eigenvalue weighted by Crippen LogP contribution is 2.24. The van der Waals surface area contributed by atoms with Gasteiger partial charge in [-0.15, -0.1) is 0 Å². The lowest BCUT2D eigenvalue weighted by molar-refractivity contribution is 0.572. The Labute approximate surface area is 160 Å². The summed E-state index contributed by atoms with van der Waals surface area (Å²) in [5.41, 5.74) is 1.58. The Morgan fingerprint density at radius 2 is 1.48 bits per heavy atom. The average Bonchev–Trinajstić information content (AvgIpc) is 2.74. The van der Waals surface area contributed by atoms with Crippen molar-refractivity contribution >= 4 is 17.5 Å². The number of nitriles is 1. The van der Waals surface area contributed by atoms with Gasteiger partial charge >= 0.3 is 0 Å². The molecule has 2 aromatic heterocycles. The fourth-order valence-electron chi connectivity index (χ4n) is 3.82. The topological polar surface area (TPSA) is 72.2 Å². The van der Waals surface area contributed by atoms with Gasteiger partial charge in [-0.05, 0) is 38.3 Å². The first-order valence-electron chi connectivity index (χ1n) is 9.69. The van der Waals surface area contributed by atoms with Crippen LogP contribution in [0.1, 0.15) is 30.5 Å². The van der Waals surface area contributed by atoms with Gasteiger partial charge in [0.1, 0.15) is 29.9 Å². The zero-order valence-electron chi connectivity index (χ0n) is 15.8. The second-order valence-electron chi connectivity index (χ2n) is 7.19. The highest BCUT2D eigenvalue weighted by atomic mass is 15.3. The second kappa shape index (κ2) is 7.78. The quantitative estimate of drug-likeness (QED) is 0.829. The van der Waals surface area contributed by atoms with Crippen LogP contribution >= 0.6 is 0 Å². The minimum atomic E-state index is 0.642. The van der Waals surface area contributed by atoms with E-state index in [1.165, 1.54) is 19.3 Å². The second-order valence-corrected chi connectivity index (χ2v) is 7.19. The number of rotatable bonds is 3. The molecule has 2 aliphatic heterocycles. The lowest BCUT2D eigenvalue weighted by Crippen LogP contribution is -2.47. The van der Waals surface area contributed by atoms with Crippen molar-refractivity contribution in [1.82, 2.24) is 15.0 Å². The van der Waals surface area contributed by atoms with Crippen LogP contribution in [-0.4, -0.2) is 54.2 Å². The first kappa shape index (κ1) is 17.5. The monoisotopic (exact) mass is 363 g/mol. The third-order valence-electron chi connectivity index (χ3n) is 5.36. The molecule has 0 aromatic carbocycles. The molecule has 7 nitrogen and oxygen atoms in total. The third-order valence-corrected chi connectivity index (χ3v) is 5.36. The zero-order valence-corrected chi connectivity index (χ0v) is 15.8. The summed E-state index contributed by atoms with van der Waals surface area (Å²) in [6, 6.07) is 8.13. The van der Waals surface area contributed by atoms with Crippen molar-refractivity contribution < 1.29 is 0 Å². The van der Waals surface area contributed by atoms with Crippen LogP contribution in [0.25, 0.3) is 0 Å². The number of anilines is 3. The molecular weight excluding hydrogens is 338 g/mol. The molecule has 0 amide bonds. The predicted octanol–water partition coefficient (Wildman–Crippen LogP) is 2.37. The van der Waals surface area contributed by atoms with Crippen molar-refractivity contribution in [2.45, 2.75) is 26.2 Å². The summed E-state index contributed by atoms with van der Waals surface area (Å²) >= 11 is 0. The number of nitrogens with zero attached hydrogens (tertiary/aromatic N) is 7. The molecule has 140 valence electrons. The Kier molecular flexibility index (Phi) is 5.05. The molecule has 0 aliphatic carbocycles. The van der Waals surface area contributed by atoms with Crippen molar-refractivity contribution in [1.29, 1.82) is 5.26 Å². The van der Waals surface area contributed by atoms with Crippen molar-refractivity contribution in [2.75, 3.05) is 54.0 Å². The van der Waals surface area contributed by atoms with Crippen molar-refractivity contribution in [2.24, 2.45) is 0 Å². The molecular formula is C20H25N7. The number of piperidine rings is 1. The Morgan fingerprint density at radius 1 is 0.852 bits per heavy atom. The van der Waals surface area contributed by atoms with E-state index in [1.54, 1.807) is 6.33 Å². The van der Waals surface area contributed by atoms with E-state index in [1.807, 2.05) is 19.1 Å². The summed E-state index contributed by atoms with van der Waals surface area (Å²) in [4.78, 5) is 20.4. The van der Waals surface area contributed by atoms with Crippen molar-refractivity contribution in [3.63, 3.8) is 0 Å². The number of aryl methyl sites for hydroxylation is 1. The average molecular weight is 363 g/mol. The Morgan fingerprint density at radius 3 is 2.15 bits per heavy atom. The maximum Gasteiger partial charge on any atom is 0.146 e. The lowest BCUT2D eigenvalue weighted by atomic mass is 10.1. The summed E-state index contributed by atoms with van der Waals surface area (Å²) in [5.74, 6) is 2.83. The van der Waals surface area contributed by atoms with E-state index in [0.717, 1.165) is 62.4 Å². The maximum absolute atomic E-state index is 9.38.